The SMILES string of the molecule is CC[C@H](C(=O)NCC(C)C)N(CCc1ccccc1)C(=O)CN(c1ccccc1)S(=O)(=O)c1ccc(Cl)cc1. The van der Waals surface area contributed by atoms with Crippen LogP contribution in [0, 0.1) is 5.92 Å². The Kier molecular flexibility index (Phi) is 10.9. The lowest BCUT2D eigenvalue weighted by Gasteiger charge is -2.33. The number of sulfonamides is 1. The van der Waals surface area contributed by atoms with Crippen LogP contribution in [0.2, 0.25) is 5.02 Å². The summed E-state index contributed by atoms with van der Waals surface area (Å²) in [4.78, 5) is 28.7. The van der Waals surface area contributed by atoms with Crippen LogP contribution in [0.4, 0.5) is 5.69 Å². The molecule has 0 aliphatic rings. The summed E-state index contributed by atoms with van der Waals surface area (Å²) in [5, 5.41) is 3.34. The highest BCUT2D eigenvalue weighted by atomic mass is 35.5. The van der Waals surface area contributed by atoms with Crippen molar-refractivity contribution in [3.8, 4) is 0 Å². The average Bonchev–Trinajstić information content (AvgIpc) is 2.93. The molecule has 0 fully saturated rings. The van der Waals surface area contributed by atoms with Crippen LogP contribution in [0.15, 0.2) is 89.8 Å². The predicted octanol–water partition coefficient (Wildman–Crippen LogP) is 5.16. The highest BCUT2D eigenvalue weighted by Gasteiger charge is 2.33. The van der Waals surface area contributed by atoms with E-state index in [1.807, 2.05) is 51.1 Å². The minimum atomic E-state index is -4.11. The quantitative estimate of drug-likeness (QED) is 0.308. The smallest absolute Gasteiger partial charge is 0.264 e. The van der Waals surface area contributed by atoms with Crippen molar-refractivity contribution in [3.05, 3.63) is 95.5 Å². The Morgan fingerprint density at radius 3 is 2.05 bits per heavy atom. The maximum absolute atomic E-state index is 13.9. The minimum Gasteiger partial charge on any atom is -0.354 e. The third-order valence-corrected chi connectivity index (χ3v) is 8.32. The Balaban J connectivity index is 1.96. The van der Waals surface area contributed by atoms with Crippen LogP contribution in [0.3, 0.4) is 0 Å². The molecular weight excluding hydrogens is 534 g/mol. The van der Waals surface area contributed by atoms with Crippen LogP contribution in [0.25, 0.3) is 0 Å². The lowest BCUT2D eigenvalue weighted by atomic mass is 10.1. The summed E-state index contributed by atoms with van der Waals surface area (Å²) in [7, 11) is -4.11. The Labute approximate surface area is 236 Å². The van der Waals surface area contributed by atoms with E-state index in [9.17, 15) is 18.0 Å². The van der Waals surface area contributed by atoms with Gasteiger partial charge in [-0.3, -0.25) is 13.9 Å². The molecule has 0 heterocycles. The largest absolute Gasteiger partial charge is 0.354 e. The molecule has 0 aromatic heterocycles. The molecule has 7 nitrogen and oxygen atoms in total. The fraction of sp³-hybridized carbons (Fsp3) is 0.333. The molecule has 0 aliphatic carbocycles. The number of halogens is 1. The van der Waals surface area contributed by atoms with E-state index in [-0.39, 0.29) is 23.3 Å². The molecule has 0 unspecified atom stereocenters. The van der Waals surface area contributed by atoms with Crippen LogP contribution >= 0.6 is 11.6 Å². The second-order valence-electron chi connectivity index (χ2n) is 9.69. The lowest BCUT2D eigenvalue weighted by Crippen LogP contribution is -2.53. The van der Waals surface area contributed by atoms with Gasteiger partial charge in [-0.2, -0.15) is 0 Å². The van der Waals surface area contributed by atoms with E-state index in [0.29, 0.717) is 30.1 Å². The maximum Gasteiger partial charge on any atom is 0.264 e. The van der Waals surface area contributed by atoms with E-state index in [0.717, 1.165) is 9.87 Å². The Morgan fingerprint density at radius 1 is 0.897 bits per heavy atom. The van der Waals surface area contributed by atoms with Gasteiger partial charge < -0.3 is 10.2 Å². The van der Waals surface area contributed by atoms with Gasteiger partial charge in [0.15, 0.2) is 0 Å². The maximum atomic E-state index is 13.9. The van der Waals surface area contributed by atoms with Gasteiger partial charge in [0.2, 0.25) is 11.8 Å². The number of anilines is 1. The van der Waals surface area contributed by atoms with Gasteiger partial charge in [0, 0.05) is 18.1 Å². The van der Waals surface area contributed by atoms with E-state index in [4.69, 9.17) is 11.6 Å². The number of amides is 2. The molecule has 208 valence electrons. The first-order valence-electron chi connectivity index (χ1n) is 13.1. The van der Waals surface area contributed by atoms with Gasteiger partial charge in [-0.1, -0.05) is 80.9 Å². The Bertz CT molecular complexity index is 1320. The summed E-state index contributed by atoms with van der Waals surface area (Å²) in [6, 6.07) is 23.3. The van der Waals surface area contributed by atoms with Crippen LogP contribution in [0.5, 0.6) is 0 Å². The van der Waals surface area contributed by atoms with Crippen molar-refractivity contribution in [2.75, 3.05) is 23.9 Å². The minimum absolute atomic E-state index is 0.0149. The van der Waals surface area contributed by atoms with Gasteiger partial charge >= 0.3 is 0 Å². The average molecular weight is 570 g/mol. The van der Waals surface area contributed by atoms with E-state index in [1.54, 1.807) is 30.3 Å². The first-order valence-corrected chi connectivity index (χ1v) is 14.9. The van der Waals surface area contributed by atoms with E-state index >= 15 is 0 Å². The zero-order chi connectivity index (χ0) is 28.4. The fourth-order valence-corrected chi connectivity index (χ4v) is 5.72. The molecule has 0 saturated carbocycles. The topological polar surface area (TPSA) is 86.8 Å². The molecule has 0 bridgehead atoms. The molecule has 3 aromatic carbocycles. The number of carbonyl (C=O) groups is 2. The Hall–Kier alpha value is -3.36. The molecule has 9 heteroatoms. The van der Waals surface area contributed by atoms with Gasteiger partial charge in [0.25, 0.3) is 10.0 Å². The van der Waals surface area contributed by atoms with Gasteiger partial charge in [0.1, 0.15) is 12.6 Å². The summed E-state index contributed by atoms with van der Waals surface area (Å²) in [5.41, 5.74) is 1.36. The third kappa shape index (κ3) is 8.31. The van der Waals surface area contributed by atoms with Crippen molar-refractivity contribution in [1.29, 1.82) is 0 Å². The zero-order valence-corrected chi connectivity index (χ0v) is 24.2. The van der Waals surface area contributed by atoms with Crippen LogP contribution < -0.4 is 9.62 Å². The molecule has 0 radical (unpaired) electrons. The van der Waals surface area contributed by atoms with Gasteiger partial charge in [-0.15, -0.1) is 0 Å². The van der Waals surface area contributed by atoms with Gasteiger partial charge in [-0.05, 0) is 60.7 Å². The molecule has 1 atom stereocenters. The first kappa shape index (κ1) is 30.2. The number of nitrogens with zero attached hydrogens (tertiary/aromatic N) is 2. The van der Waals surface area contributed by atoms with Crippen molar-refractivity contribution in [1.82, 2.24) is 10.2 Å². The second-order valence-corrected chi connectivity index (χ2v) is 12.0. The van der Waals surface area contributed by atoms with E-state index in [2.05, 4.69) is 5.32 Å². The Morgan fingerprint density at radius 2 is 1.49 bits per heavy atom. The van der Waals surface area contributed by atoms with Crippen LogP contribution in [-0.4, -0.2) is 50.8 Å². The molecule has 1 N–H and O–H groups in total. The van der Waals surface area contributed by atoms with Gasteiger partial charge in [0.05, 0.1) is 10.6 Å². The van der Waals surface area contributed by atoms with Crippen molar-refractivity contribution in [3.63, 3.8) is 0 Å². The van der Waals surface area contributed by atoms with Crippen molar-refractivity contribution in [2.45, 2.75) is 44.6 Å². The standard InChI is InChI=1S/C30H36ClN3O4S/c1-4-28(30(36)32-21-23(2)3)33(20-19-24-11-7-5-8-12-24)29(35)22-34(26-13-9-6-10-14-26)39(37,38)27-17-15-25(31)16-18-27/h5-18,23,28H,4,19-22H2,1-3H3,(H,32,36)/t28-/m1/s1. The number of para-hydroxylation sites is 1. The molecule has 3 aromatic rings. The van der Waals surface area contributed by atoms with Crippen molar-refractivity contribution in [2.24, 2.45) is 5.92 Å². The number of hydrogen-bond acceptors (Lipinski definition) is 4. The molecule has 3 rings (SSSR count). The lowest BCUT2D eigenvalue weighted by molar-refractivity contribution is -0.139. The number of benzene rings is 3. The molecule has 0 aliphatic heterocycles. The molecular formula is C30H36ClN3O4S. The predicted molar refractivity (Wildman–Crippen MR) is 156 cm³/mol. The zero-order valence-electron chi connectivity index (χ0n) is 22.6. The number of rotatable bonds is 13. The van der Waals surface area contributed by atoms with Crippen LogP contribution in [0.1, 0.15) is 32.8 Å². The van der Waals surface area contributed by atoms with Crippen molar-refractivity contribution >= 4 is 39.1 Å². The highest BCUT2D eigenvalue weighted by molar-refractivity contribution is 7.92. The fourth-order valence-electron chi connectivity index (χ4n) is 4.18. The van der Waals surface area contributed by atoms with Crippen molar-refractivity contribution < 1.29 is 18.0 Å². The van der Waals surface area contributed by atoms with E-state index < -0.39 is 28.5 Å². The first-order chi connectivity index (χ1) is 18.6. The molecule has 2 amide bonds. The van der Waals surface area contributed by atoms with Gasteiger partial charge in [-0.25, -0.2) is 8.42 Å². The summed E-state index contributed by atoms with van der Waals surface area (Å²) >= 11 is 5.99. The molecule has 39 heavy (non-hydrogen) atoms. The summed E-state index contributed by atoms with van der Waals surface area (Å²) in [6.07, 6.45) is 0.912. The second kappa shape index (κ2) is 14.1. The highest BCUT2D eigenvalue weighted by Crippen LogP contribution is 2.25. The van der Waals surface area contributed by atoms with E-state index in [1.165, 1.54) is 29.2 Å². The molecule has 0 saturated heterocycles. The van der Waals surface area contributed by atoms with Crippen LogP contribution in [-0.2, 0) is 26.0 Å². The summed E-state index contributed by atoms with van der Waals surface area (Å²) in [5.74, 6) is -0.462. The monoisotopic (exact) mass is 569 g/mol. The summed E-state index contributed by atoms with van der Waals surface area (Å²) < 4.78 is 28.6. The number of nitrogens with one attached hydrogen (secondary N) is 1. The number of carbonyl (C=O) groups excluding carboxylic acids is 2. The third-order valence-electron chi connectivity index (χ3n) is 6.28. The summed E-state index contributed by atoms with van der Waals surface area (Å²) in [6.45, 7) is 6.13. The molecule has 0 spiro atoms. The number of hydrogen-bond donors (Lipinski definition) is 1. The normalized spacial score (nSPS) is 12.1.